The van der Waals surface area contributed by atoms with Crippen LogP contribution in [-0.2, 0) is 27.4 Å². The molecule has 2 aromatic carbocycles. The van der Waals surface area contributed by atoms with E-state index in [0.29, 0.717) is 34.5 Å². The van der Waals surface area contributed by atoms with Gasteiger partial charge in [0.1, 0.15) is 5.82 Å². The van der Waals surface area contributed by atoms with E-state index < -0.39 is 51.7 Å². The number of hydrogen-bond acceptors (Lipinski definition) is 3. The molecule has 1 fully saturated rings. The average molecular weight is 610 g/mol. The van der Waals surface area contributed by atoms with Crippen LogP contribution in [0.15, 0.2) is 48.7 Å². The fourth-order valence-corrected chi connectivity index (χ4v) is 5.45. The number of aromatic nitrogens is 1. The minimum absolute atomic E-state index is 0.00987. The molecule has 43 heavy (non-hydrogen) atoms. The molecule has 3 aromatic rings. The number of hydrogen-bond donors (Lipinski definition) is 1. The maximum absolute atomic E-state index is 14.0. The van der Waals surface area contributed by atoms with Crippen molar-refractivity contribution in [1.29, 1.82) is 0 Å². The molecular formula is C31H30F7N3O2. The monoisotopic (exact) mass is 609 g/mol. The SMILES string of the molecule is Cc1cc(F)ccc1-c1cc([C@H]2CC(=O)NC2(C)C)ncc1N(C)C(=O)C(C)(C)c1cc(C(F)(F)F)cc(C(F)(F)F)c1. The Morgan fingerprint density at radius 1 is 0.930 bits per heavy atom. The number of rotatable bonds is 5. The lowest BCUT2D eigenvalue weighted by molar-refractivity contribution is -0.143. The molecule has 1 saturated heterocycles. The second-order valence-corrected chi connectivity index (χ2v) is 11.9. The first-order valence-electron chi connectivity index (χ1n) is 13.3. The molecule has 5 nitrogen and oxygen atoms in total. The summed E-state index contributed by atoms with van der Waals surface area (Å²) in [4.78, 5) is 31.7. The molecule has 1 atom stereocenters. The molecule has 12 heteroatoms. The molecular weight excluding hydrogens is 579 g/mol. The third-order valence-corrected chi connectivity index (χ3v) is 7.97. The number of amides is 2. The van der Waals surface area contributed by atoms with Crippen molar-refractivity contribution in [2.45, 2.75) is 70.3 Å². The van der Waals surface area contributed by atoms with E-state index in [1.54, 1.807) is 13.0 Å². The topological polar surface area (TPSA) is 62.3 Å². The lowest BCUT2D eigenvalue weighted by atomic mass is 9.81. The highest BCUT2D eigenvalue weighted by atomic mass is 19.4. The van der Waals surface area contributed by atoms with Crippen molar-refractivity contribution in [1.82, 2.24) is 10.3 Å². The molecule has 2 heterocycles. The fourth-order valence-electron chi connectivity index (χ4n) is 5.45. The number of alkyl halides is 6. The van der Waals surface area contributed by atoms with E-state index in [1.807, 2.05) is 13.8 Å². The molecule has 1 N–H and O–H groups in total. The van der Waals surface area contributed by atoms with Gasteiger partial charge in [-0.2, -0.15) is 26.3 Å². The normalized spacial score (nSPS) is 17.1. The summed E-state index contributed by atoms with van der Waals surface area (Å²) in [6, 6.07) is 6.78. The van der Waals surface area contributed by atoms with Crippen LogP contribution in [0.1, 0.15) is 68.0 Å². The molecule has 1 aliphatic rings. The van der Waals surface area contributed by atoms with E-state index in [2.05, 4.69) is 10.3 Å². The summed E-state index contributed by atoms with van der Waals surface area (Å²) in [7, 11) is 1.34. The van der Waals surface area contributed by atoms with Gasteiger partial charge in [-0.15, -0.1) is 0 Å². The van der Waals surface area contributed by atoms with Gasteiger partial charge in [0.05, 0.1) is 28.4 Å². The highest BCUT2D eigenvalue weighted by Gasteiger charge is 2.43. The van der Waals surface area contributed by atoms with E-state index in [9.17, 15) is 40.3 Å². The van der Waals surface area contributed by atoms with Crippen LogP contribution in [0.3, 0.4) is 0 Å². The Hall–Kier alpha value is -3.96. The second kappa shape index (κ2) is 10.6. The maximum atomic E-state index is 14.0. The van der Waals surface area contributed by atoms with Crippen molar-refractivity contribution in [3.05, 3.63) is 82.4 Å². The zero-order valence-electron chi connectivity index (χ0n) is 24.3. The van der Waals surface area contributed by atoms with Gasteiger partial charge in [0, 0.05) is 36.2 Å². The fraction of sp³-hybridized carbons (Fsp3) is 0.387. The lowest BCUT2D eigenvalue weighted by Crippen LogP contribution is -2.42. The first kappa shape index (κ1) is 32.0. The van der Waals surface area contributed by atoms with Gasteiger partial charge in [-0.05, 0) is 87.7 Å². The Balaban J connectivity index is 1.85. The van der Waals surface area contributed by atoms with Crippen LogP contribution >= 0.6 is 0 Å². The summed E-state index contributed by atoms with van der Waals surface area (Å²) < 4.78 is 95.5. The van der Waals surface area contributed by atoms with Crippen molar-refractivity contribution in [2.24, 2.45) is 0 Å². The van der Waals surface area contributed by atoms with Crippen molar-refractivity contribution < 1.29 is 40.3 Å². The van der Waals surface area contributed by atoms with Crippen molar-refractivity contribution in [2.75, 3.05) is 11.9 Å². The van der Waals surface area contributed by atoms with Gasteiger partial charge in [0.25, 0.3) is 0 Å². The first-order valence-corrected chi connectivity index (χ1v) is 13.3. The summed E-state index contributed by atoms with van der Waals surface area (Å²) in [5, 5.41) is 2.89. The predicted octanol–water partition coefficient (Wildman–Crippen LogP) is 7.56. The van der Waals surface area contributed by atoms with Gasteiger partial charge in [-0.3, -0.25) is 14.6 Å². The molecule has 0 spiro atoms. The molecule has 1 aromatic heterocycles. The van der Waals surface area contributed by atoms with Crippen molar-refractivity contribution >= 4 is 17.5 Å². The molecule has 0 aliphatic carbocycles. The zero-order chi connectivity index (χ0) is 32.3. The maximum Gasteiger partial charge on any atom is 0.416 e. The Labute approximate surface area is 244 Å². The number of benzene rings is 2. The number of pyridine rings is 1. The molecule has 0 bridgehead atoms. The van der Waals surface area contributed by atoms with E-state index in [4.69, 9.17) is 0 Å². The van der Waals surface area contributed by atoms with Crippen LogP contribution in [0.5, 0.6) is 0 Å². The van der Waals surface area contributed by atoms with Crippen LogP contribution in [-0.4, -0.2) is 29.4 Å². The summed E-state index contributed by atoms with van der Waals surface area (Å²) >= 11 is 0. The minimum atomic E-state index is -5.08. The van der Waals surface area contributed by atoms with Gasteiger partial charge in [-0.1, -0.05) is 6.07 Å². The third-order valence-electron chi connectivity index (χ3n) is 7.97. The number of nitrogens with one attached hydrogen (secondary N) is 1. The number of nitrogens with zero attached hydrogens (tertiary/aromatic N) is 2. The first-order chi connectivity index (χ1) is 19.6. The summed E-state index contributed by atoms with van der Waals surface area (Å²) in [5.41, 5.74) is -3.89. The van der Waals surface area contributed by atoms with Crippen LogP contribution in [0.2, 0.25) is 0 Å². The van der Waals surface area contributed by atoms with E-state index in [1.165, 1.54) is 45.3 Å². The number of anilines is 1. The third kappa shape index (κ3) is 6.23. The average Bonchev–Trinajstić information content (AvgIpc) is 3.17. The molecule has 1 aliphatic heterocycles. The quantitative estimate of drug-likeness (QED) is 0.304. The molecule has 4 rings (SSSR count). The Morgan fingerprint density at radius 2 is 1.49 bits per heavy atom. The lowest BCUT2D eigenvalue weighted by Gasteiger charge is -2.32. The van der Waals surface area contributed by atoms with Crippen LogP contribution < -0.4 is 10.2 Å². The largest absolute Gasteiger partial charge is 0.416 e. The zero-order valence-corrected chi connectivity index (χ0v) is 24.3. The van der Waals surface area contributed by atoms with Crippen LogP contribution in [0.4, 0.5) is 36.4 Å². The standard InChI is InChI=1S/C31H30F7N3O2/c1-16-9-20(32)7-8-21(16)22-13-24(23-14-26(42)40-29(23,4)5)39-15-25(22)41(6)27(43)28(2,3)17-10-18(30(33,34)35)12-19(11-17)31(36,37)38/h7-13,15,23H,14H2,1-6H3,(H,40,42)/t23-/m1/s1. The van der Waals surface area contributed by atoms with Crippen molar-refractivity contribution in [3.63, 3.8) is 0 Å². The highest BCUT2D eigenvalue weighted by Crippen LogP contribution is 2.42. The smallest absolute Gasteiger partial charge is 0.351 e. The molecule has 230 valence electrons. The number of likely N-dealkylation sites (N-methyl/N-ethyl adjacent to an activating group) is 1. The molecule has 0 radical (unpaired) electrons. The van der Waals surface area contributed by atoms with E-state index >= 15 is 0 Å². The number of halogens is 7. The highest BCUT2D eigenvalue weighted by molar-refractivity contribution is 6.03. The van der Waals surface area contributed by atoms with E-state index in [0.717, 1.165) is 4.90 Å². The van der Waals surface area contributed by atoms with Gasteiger partial charge >= 0.3 is 12.4 Å². The number of aryl methyl sites for hydroxylation is 1. The van der Waals surface area contributed by atoms with Crippen molar-refractivity contribution in [3.8, 4) is 11.1 Å². The van der Waals surface area contributed by atoms with E-state index in [-0.39, 0.29) is 30.0 Å². The molecule has 2 amide bonds. The molecule has 0 saturated carbocycles. The molecule has 0 unspecified atom stereocenters. The van der Waals surface area contributed by atoms with Gasteiger partial charge in [0.2, 0.25) is 11.8 Å². The summed E-state index contributed by atoms with van der Waals surface area (Å²) in [6.45, 7) is 7.81. The Morgan fingerprint density at radius 3 is 1.98 bits per heavy atom. The number of carbonyl (C=O) groups is 2. The van der Waals surface area contributed by atoms with Gasteiger partial charge in [0.15, 0.2) is 0 Å². The van der Waals surface area contributed by atoms with Gasteiger partial charge < -0.3 is 10.2 Å². The van der Waals surface area contributed by atoms with Gasteiger partial charge in [-0.25, -0.2) is 4.39 Å². The van der Waals surface area contributed by atoms with Crippen LogP contribution in [0.25, 0.3) is 11.1 Å². The summed E-state index contributed by atoms with van der Waals surface area (Å²) in [5.74, 6) is -1.83. The summed E-state index contributed by atoms with van der Waals surface area (Å²) in [6.07, 6.45) is -8.65. The predicted molar refractivity (Wildman–Crippen MR) is 147 cm³/mol. The number of carbonyl (C=O) groups excluding carboxylic acids is 2. The second-order valence-electron chi connectivity index (χ2n) is 11.9. The van der Waals surface area contributed by atoms with Crippen LogP contribution in [0, 0.1) is 12.7 Å². The Bertz CT molecular complexity index is 1560. The Kier molecular flexibility index (Phi) is 7.91. The minimum Gasteiger partial charge on any atom is -0.351 e.